The topological polar surface area (TPSA) is 70.8 Å². The lowest BCUT2D eigenvalue weighted by molar-refractivity contribution is -0.264. The summed E-state index contributed by atoms with van der Waals surface area (Å²) in [5, 5.41) is 0. The number of hydrogen-bond donors (Lipinski definition) is 1. The summed E-state index contributed by atoms with van der Waals surface area (Å²) in [5.74, 6) is -1.77. The smallest absolute Gasteiger partial charge is 0.366 e. The molecule has 13 heavy (non-hydrogen) atoms. The van der Waals surface area contributed by atoms with Crippen LogP contribution in [0.5, 0.6) is 0 Å². The van der Waals surface area contributed by atoms with Crippen LogP contribution in [0.2, 0.25) is 0 Å². The van der Waals surface area contributed by atoms with Gasteiger partial charge >= 0.3 is 5.97 Å². The maximum atomic E-state index is 11.3. The number of esters is 1. The second-order valence-electron chi connectivity index (χ2n) is 3.05. The Morgan fingerprint density at radius 2 is 2.15 bits per heavy atom. The molecule has 0 saturated carbocycles. The quantitative estimate of drug-likeness (QED) is 0.601. The van der Waals surface area contributed by atoms with E-state index < -0.39 is 11.8 Å². The summed E-state index contributed by atoms with van der Waals surface area (Å²) >= 11 is 0. The minimum atomic E-state index is -1.27. The molecule has 76 valence electrons. The van der Waals surface area contributed by atoms with Crippen LogP contribution in [0.3, 0.4) is 0 Å². The molecule has 0 radical (unpaired) electrons. The van der Waals surface area contributed by atoms with E-state index in [4.69, 9.17) is 19.9 Å². The molecule has 0 bridgehead atoms. The molecule has 0 aromatic rings. The lowest BCUT2D eigenvalue weighted by Crippen LogP contribution is -2.52. The normalized spacial score (nSPS) is 34.2. The summed E-state index contributed by atoms with van der Waals surface area (Å²) < 4.78 is 15.1. The van der Waals surface area contributed by atoms with E-state index in [-0.39, 0.29) is 6.04 Å². The van der Waals surface area contributed by atoms with Crippen LogP contribution in [0.25, 0.3) is 0 Å². The monoisotopic (exact) mass is 189 g/mol. The fourth-order valence-corrected chi connectivity index (χ4v) is 1.00. The van der Waals surface area contributed by atoms with Gasteiger partial charge in [-0.3, -0.25) is 0 Å². The third-order valence-corrected chi connectivity index (χ3v) is 1.79. The molecule has 2 N–H and O–H groups in total. The second kappa shape index (κ2) is 4.04. The highest BCUT2D eigenvalue weighted by Crippen LogP contribution is 2.19. The molecule has 5 heteroatoms. The average Bonchev–Trinajstić information content (AvgIpc) is 2.11. The van der Waals surface area contributed by atoms with Crippen LogP contribution in [0.1, 0.15) is 13.8 Å². The Kier molecular flexibility index (Phi) is 3.24. The lowest BCUT2D eigenvalue weighted by atomic mass is 10.2. The highest BCUT2D eigenvalue weighted by atomic mass is 16.7. The van der Waals surface area contributed by atoms with Gasteiger partial charge in [0.25, 0.3) is 5.79 Å². The Labute approximate surface area is 77.1 Å². The van der Waals surface area contributed by atoms with Gasteiger partial charge in [-0.2, -0.15) is 0 Å². The Bertz CT molecular complexity index is 187. The molecule has 0 aromatic carbocycles. The van der Waals surface area contributed by atoms with Gasteiger partial charge in [-0.05, 0) is 6.92 Å². The van der Waals surface area contributed by atoms with Crippen LogP contribution in [0.4, 0.5) is 0 Å². The van der Waals surface area contributed by atoms with Gasteiger partial charge in [0.1, 0.15) is 0 Å². The fourth-order valence-electron chi connectivity index (χ4n) is 1.00. The maximum absolute atomic E-state index is 11.3. The number of nitrogens with two attached hydrogens (primary N) is 1. The highest BCUT2D eigenvalue weighted by Gasteiger charge is 2.41. The van der Waals surface area contributed by atoms with Crippen molar-refractivity contribution >= 4 is 5.97 Å². The Morgan fingerprint density at radius 3 is 2.62 bits per heavy atom. The summed E-state index contributed by atoms with van der Waals surface area (Å²) in [5.41, 5.74) is 5.53. The molecule has 1 aliphatic heterocycles. The van der Waals surface area contributed by atoms with E-state index in [2.05, 4.69) is 0 Å². The SMILES string of the molecule is CCOC(=O)C1(C)OCC(N)CO1. The van der Waals surface area contributed by atoms with Gasteiger partial charge in [0.2, 0.25) is 0 Å². The Balaban J connectivity index is 2.51. The summed E-state index contributed by atoms with van der Waals surface area (Å²) in [6.07, 6.45) is 0. The van der Waals surface area contributed by atoms with Crippen LogP contribution < -0.4 is 5.73 Å². The van der Waals surface area contributed by atoms with E-state index in [1.807, 2.05) is 0 Å². The molecule has 1 fully saturated rings. The first-order valence-electron chi connectivity index (χ1n) is 4.29. The van der Waals surface area contributed by atoms with Crippen LogP contribution in [-0.2, 0) is 19.0 Å². The first-order valence-corrected chi connectivity index (χ1v) is 4.29. The number of carbonyl (C=O) groups is 1. The molecule has 0 aromatic heterocycles. The van der Waals surface area contributed by atoms with Crippen molar-refractivity contribution in [1.29, 1.82) is 0 Å². The third kappa shape index (κ3) is 2.40. The van der Waals surface area contributed by atoms with E-state index in [9.17, 15) is 4.79 Å². The van der Waals surface area contributed by atoms with Crippen molar-refractivity contribution in [1.82, 2.24) is 0 Å². The average molecular weight is 189 g/mol. The zero-order valence-electron chi connectivity index (χ0n) is 7.91. The van der Waals surface area contributed by atoms with Gasteiger partial charge < -0.3 is 19.9 Å². The van der Waals surface area contributed by atoms with Crippen molar-refractivity contribution in [2.75, 3.05) is 19.8 Å². The van der Waals surface area contributed by atoms with Gasteiger partial charge in [-0.1, -0.05) is 0 Å². The number of rotatable bonds is 2. The zero-order chi connectivity index (χ0) is 9.90. The van der Waals surface area contributed by atoms with Crippen LogP contribution in [0, 0.1) is 0 Å². The largest absolute Gasteiger partial charge is 0.462 e. The number of carbonyl (C=O) groups excluding carboxylic acids is 1. The van der Waals surface area contributed by atoms with Gasteiger partial charge in [-0.15, -0.1) is 0 Å². The predicted molar refractivity (Wildman–Crippen MR) is 44.9 cm³/mol. The lowest BCUT2D eigenvalue weighted by Gasteiger charge is -2.33. The maximum Gasteiger partial charge on any atom is 0.366 e. The molecule has 1 rings (SSSR count). The molecular formula is C8H15NO4. The molecule has 0 spiro atoms. The molecule has 0 unspecified atom stereocenters. The molecule has 1 aliphatic rings. The van der Waals surface area contributed by atoms with Gasteiger partial charge in [-0.25, -0.2) is 4.79 Å². The van der Waals surface area contributed by atoms with Crippen LogP contribution in [0.15, 0.2) is 0 Å². The summed E-state index contributed by atoms with van der Waals surface area (Å²) in [6.45, 7) is 4.21. The number of hydrogen-bond acceptors (Lipinski definition) is 5. The molecular weight excluding hydrogens is 174 g/mol. The highest BCUT2D eigenvalue weighted by molar-refractivity contribution is 5.77. The molecule has 5 nitrogen and oxygen atoms in total. The van der Waals surface area contributed by atoms with Gasteiger partial charge in [0.05, 0.1) is 25.9 Å². The van der Waals surface area contributed by atoms with Crippen LogP contribution in [-0.4, -0.2) is 37.6 Å². The molecule has 0 amide bonds. The van der Waals surface area contributed by atoms with E-state index >= 15 is 0 Å². The summed E-state index contributed by atoms with van der Waals surface area (Å²) in [4.78, 5) is 11.3. The minimum absolute atomic E-state index is 0.164. The molecule has 1 saturated heterocycles. The van der Waals surface area contributed by atoms with Crippen molar-refractivity contribution in [3.8, 4) is 0 Å². The third-order valence-electron chi connectivity index (χ3n) is 1.79. The fraction of sp³-hybridized carbons (Fsp3) is 0.875. The standard InChI is InChI=1S/C8H15NO4/c1-3-11-7(10)8(2)12-4-6(9)5-13-8/h6H,3-5,9H2,1-2H3. The van der Waals surface area contributed by atoms with E-state index in [1.54, 1.807) is 6.92 Å². The zero-order valence-corrected chi connectivity index (χ0v) is 7.91. The molecule has 0 atom stereocenters. The second-order valence-corrected chi connectivity index (χ2v) is 3.05. The number of ether oxygens (including phenoxy) is 3. The first kappa shape index (κ1) is 10.4. The Hall–Kier alpha value is -0.650. The summed E-state index contributed by atoms with van der Waals surface area (Å²) in [6, 6.07) is -0.164. The first-order chi connectivity index (χ1) is 6.08. The van der Waals surface area contributed by atoms with Crippen molar-refractivity contribution in [2.45, 2.75) is 25.7 Å². The molecule has 0 aliphatic carbocycles. The van der Waals surface area contributed by atoms with Crippen molar-refractivity contribution < 1.29 is 19.0 Å². The molecule has 1 heterocycles. The minimum Gasteiger partial charge on any atom is -0.462 e. The van der Waals surface area contributed by atoms with Crippen molar-refractivity contribution in [3.63, 3.8) is 0 Å². The van der Waals surface area contributed by atoms with Gasteiger partial charge in [0, 0.05) is 6.92 Å². The van der Waals surface area contributed by atoms with Crippen LogP contribution >= 0.6 is 0 Å². The van der Waals surface area contributed by atoms with Crippen molar-refractivity contribution in [3.05, 3.63) is 0 Å². The Morgan fingerprint density at radius 1 is 1.62 bits per heavy atom. The predicted octanol–water partition coefficient (Wildman–Crippen LogP) is -0.360. The van der Waals surface area contributed by atoms with E-state index in [1.165, 1.54) is 6.92 Å². The van der Waals surface area contributed by atoms with E-state index in [0.717, 1.165) is 0 Å². The van der Waals surface area contributed by atoms with Crippen molar-refractivity contribution in [2.24, 2.45) is 5.73 Å². The summed E-state index contributed by atoms with van der Waals surface area (Å²) in [7, 11) is 0. The van der Waals surface area contributed by atoms with E-state index in [0.29, 0.717) is 19.8 Å². The van der Waals surface area contributed by atoms with Gasteiger partial charge in [0.15, 0.2) is 0 Å².